The predicted molar refractivity (Wildman–Crippen MR) is 67.5 cm³/mol. The summed E-state index contributed by atoms with van der Waals surface area (Å²) in [5, 5.41) is 18.9. The smallest absolute Gasteiger partial charge is 0.0589 e. The molecule has 1 aliphatic rings. The number of nitrogens with zero attached hydrogens (tertiary/aromatic N) is 1. The van der Waals surface area contributed by atoms with E-state index in [0.29, 0.717) is 5.92 Å². The van der Waals surface area contributed by atoms with Crippen molar-refractivity contribution >= 4 is 0 Å². The van der Waals surface area contributed by atoms with E-state index < -0.39 is 0 Å². The maximum atomic E-state index is 9.47. The maximum Gasteiger partial charge on any atom is 0.0589 e. The molecule has 0 unspecified atom stereocenters. The van der Waals surface area contributed by atoms with E-state index in [0.717, 1.165) is 13.0 Å². The minimum atomic E-state index is 0.171. The van der Waals surface area contributed by atoms with Gasteiger partial charge in [0, 0.05) is 18.6 Å². The first kappa shape index (κ1) is 12.6. The Labute approximate surface area is 103 Å². The van der Waals surface area contributed by atoms with Gasteiger partial charge >= 0.3 is 0 Å². The predicted octanol–water partition coefficient (Wildman–Crippen LogP) is 1.25. The average Bonchev–Trinajstić information content (AvgIpc) is 2.66. The van der Waals surface area contributed by atoms with Gasteiger partial charge in [-0.1, -0.05) is 37.3 Å². The number of rotatable bonds is 4. The minimum Gasteiger partial charge on any atom is -0.395 e. The molecule has 1 fully saturated rings. The molecule has 94 valence electrons. The lowest BCUT2D eigenvalue weighted by Crippen LogP contribution is -2.40. The molecule has 2 rings (SSSR count). The van der Waals surface area contributed by atoms with Crippen molar-refractivity contribution in [2.24, 2.45) is 5.92 Å². The van der Waals surface area contributed by atoms with Crippen molar-refractivity contribution in [1.82, 2.24) is 4.90 Å². The Morgan fingerprint density at radius 2 is 1.88 bits per heavy atom. The first-order chi connectivity index (χ1) is 8.26. The van der Waals surface area contributed by atoms with Gasteiger partial charge in [0.25, 0.3) is 0 Å². The van der Waals surface area contributed by atoms with Crippen molar-refractivity contribution in [1.29, 1.82) is 0 Å². The van der Waals surface area contributed by atoms with Gasteiger partial charge in [0.2, 0.25) is 0 Å². The molecule has 0 aliphatic carbocycles. The van der Waals surface area contributed by atoms with E-state index in [2.05, 4.69) is 24.0 Å². The molecule has 2 N–H and O–H groups in total. The first-order valence-corrected chi connectivity index (χ1v) is 6.27. The van der Waals surface area contributed by atoms with Crippen LogP contribution in [0.1, 0.15) is 18.9 Å². The summed E-state index contributed by atoms with van der Waals surface area (Å²) in [5.74, 6) is 0.445. The molecule has 3 heteroatoms. The molecule has 1 heterocycles. The van der Waals surface area contributed by atoms with Gasteiger partial charge in [0.15, 0.2) is 0 Å². The Morgan fingerprint density at radius 1 is 1.18 bits per heavy atom. The van der Waals surface area contributed by atoms with Crippen LogP contribution in [0.4, 0.5) is 0 Å². The summed E-state index contributed by atoms with van der Waals surface area (Å²) < 4.78 is 0. The van der Waals surface area contributed by atoms with Crippen molar-refractivity contribution in [2.45, 2.75) is 32.0 Å². The molecule has 0 saturated carbocycles. The molecule has 0 bridgehead atoms. The molecule has 0 radical (unpaired) electrons. The summed E-state index contributed by atoms with van der Waals surface area (Å²) in [6.45, 7) is 3.30. The van der Waals surface area contributed by atoms with Crippen LogP contribution in [0.15, 0.2) is 30.3 Å². The highest BCUT2D eigenvalue weighted by Gasteiger charge is 2.37. The molecular formula is C14H21NO2. The minimum absolute atomic E-state index is 0.171. The molecular weight excluding hydrogens is 214 g/mol. The molecule has 1 aliphatic heterocycles. The second-order valence-electron chi connectivity index (χ2n) is 4.96. The lowest BCUT2D eigenvalue weighted by atomic mass is 10.0. The summed E-state index contributed by atoms with van der Waals surface area (Å²) in [6.07, 6.45) is 0.967. The van der Waals surface area contributed by atoms with E-state index in [1.54, 1.807) is 0 Å². The quantitative estimate of drug-likeness (QED) is 0.825. The zero-order chi connectivity index (χ0) is 12.3. The normalized spacial score (nSPS) is 29.7. The number of aliphatic hydroxyl groups excluding tert-OH is 2. The van der Waals surface area contributed by atoms with Gasteiger partial charge in [-0.3, -0.25) is 4.90 Å². The lowest BCUT2D eigenvalue weighted by molar-refractivity contribution is 0.0830. The molecule has 1 aromatic carbocycles. The van der Waals surface area contributed by atoms with Crippen LogP contribution in [0, 0.1) is 5.92 Å². The van der Waals surface area contributed by atoms with Crippen molar-refractivity contribution in [2.75, 3.05) is 13.2 Å². The van der Waals surface area contributed by atoms with Gasteiger partial charge in [-0.05, 0) is 17.9 Å². The van der Waals surface area contributed by atoms with E-state index >= 15 is 0 Å². The number of benzene rings is 1. The summed E-state index contributed by atoms with van der Waals surface area (Å²) >= 11 is 0. The summed E-state index contributed by atoms with van der Waals surface area (Å²) in [7, 11) is 0. The summed E-state index contributed by atoms with van der Waals surface area (Å²) in [6, 6.07) is 10.6. The second-order valence-corrected chi connectivity index (χ2v) is 4.96. The maximum absolute atomic E-state index is 9.47. The van der Waals surface area contributed by atoms with Gasteiger partial charge in [-0.25, -0.2) is 0 Å². The highest BCUT2D eigenvalue weighted by Crippen LogP contribution is 2.30. The molecule has 1 aromatic rings. The van der Waals surface area contributed by atoms with E-state index in [4.69, 9.17) is 0 Å². The van der Waals surface area contributed by atoms with Crippen LogP contribution in [0.3, 0.4) is 0 Å². The third-order valence-electron chi connectivity index (χ3n) is 3.80. The fourth-order valence-electron chi connectivity index (χ4n) is 2.82. The molecule has 0 aromatic heterocycles. The topological polar surface area (TPSA) is 43.7 Å². The number of hydrogen-bond acceptors (Lipinski definition) is 3. The molecule has 3 nitrogen and oxygen atoms in total. The van der Waals surface area contributed by atoms with Crippen LogP contribution >= 0.6 is 0 Å². The Hall–Kier alpha value is -0.900. The van der Waals surface area contributed by atoms with Crippen LogP contribution in [0.5, 0.6) is 0 Å². The summed E-state index contributed by atoms with van der Waals surface area (Å²) in [4.78, 5) is 2.24. The van der Waals surface area contributed by atoms with Crippen LogP contribution in [-0.4, -0.2) is 40.4 Å². The van der Waals surface area contributed by atoms with Crippen molar-refractivity contribution in [3.63, 3.8) is 0 Å². The molecule has 0 amide bonds. The van der Waals surface area contributed by atoms with Crippen molar-refractivity contribution in [3.8, 4) is 0 Å². The van der Waals surface area contributed by atoms with Gasteiger partial charge in [-0.2, -0.15) is 0 Å². The second kappa shape index (κ2) is 5.63. The third kappa shape index (κ3) is 2.68. The van der Waals surface area contributed by atoms with Gasteiger partial charge < -0.3 is 10.2 Å². The number of aliphatic hydroxyl groups is 2. The Morgan fingerprint density at radius 3 is 2.47 bits per heavy atom. The molecule has 0 spiro atoms. The number of likely N-dealkylation sites (tertiary alicyclic amines) is 1. The molecule has 1 saturated heterocycles. The van der Waals surface area contributed by atoms with E-state index in [9.17, 15) is 10.2 Å². The Bertz CT molecular complexity index is 341. The number of hydrogen-bond donors (Lipinski definition) is 2. The van der Waals surface area contributed by atoms with E-state index in [1.165, 1.54) is 5.56 Å². The van der Waals surface area contributed by atoms with E-state index in [1.807, 2.05) is 18.2 Å². The van der Waals surface area contributed by atoms with Crippen LogP contribution in [-0.2, 0) is 6.54 Å². The lowest BCUT2D eigenvalue weighted by Gasteiger charge is -2.29. The van der Waals surface area contributed by atoms with Crippen molar-refractivity contribution < 1.29 is 10.2 Å². The van der Waals surface area contributed by atoms with Gasteiger partial charge in [0.1, 0.15) is 0 Å². The first-order valence-electron chi connectivity index (χ1n) is 6.27. The Kier molecular flexibility index (Phi) is 4.15. The zero-order valence-corrected chi connectivity index (χ0v) is 10.3. The fourth-order valence-corrected chi connectivity index (χ4v) is 2.82. The van der Waals surface area contributed by atoms with Gasteiger partial charge in [-0.15, -0.1) is 0 Å². The summed E-state index contributed by atoms with van der Waals surface area (Å²) in [5.41, 5.74) is 1.23. The fraction of sp³-hybridized carbons (Fsp3) is 0.571. The van der Waals surface area contributed by atoms with Crippen LogP contribution in [0.25, 0.3) is 0 Å². The molecule has 3 atom stereocenters. The van der Waals surface area contributed by atoms with Crippen LogP contribution < -0.4 is 0 Å². The Balaban J connectivity index is 2.11. The van der Waals surface area contributed by atoms with Gasteiger partial charge in [0.05, 0.1) is 13.2 Å². The SMILES string of the molecule is C[C@@H]1C[C@H](CO)N(Cc2ccccc2)[C@H]1CO. The monoisotopic (exact) mass is 235 g/mol. The zero-order valence-electron chi connectivity index (χ0n) is 10.3. The van der Waals surface area contributed by atoms with Crippen molar-refractivity contribution in [3.05, 3.63) is 35.9 Å². The largest absolute Gasteiger partial charge is 0.395 e. The standard InChI is InChI=1S/C14H21NO2/c1-11-7-13(9-16)15(14(11)10-17)8-12-5-3-2-4-6-12/h2-6,11,13-14,16-17H,7-10H2,1H3/t11-,13-,14+/m1/s1. The highest BCUT2D eigenvalue weighted by molar-refractivity contribution is 5.15. The highest BCUT2D eigenvalue weighted by atomic mass is 16.3. The average molecular weight is 235 g/mol. The van der Waals surface area contributed by atoms with E-state index in [-0.39, 0.29) is 25.3 Å². The third-order valence-corrected chi connectivity index (χ3v) is 3.80. The molecule has 17 heavy (non-hydrogen) atoms. The van der Waals surface area contributed by atoms with Crippen LogP contribution in [0.2, 0.25) is 0 Å².